The third-order valence-electron chi connectivity index (χ3n) is 4.72. The lowest BCUT2D eigenvalue weighted by Crippen LogP contribution is -2.25. The van der Waals surface area contributed by atoms with Gasteiger partial charge >= 0.3 is 0 Å². The van der Waals surface area contributed by atoms with Gasteiger partial charge in [0, 0.05) is 4.88 Å². The number of aromatic nitrogens is 2. The average Bonchev–Trinajstić information content (AvgIpc) is 3.03. The molecule has 7 heteroatoms. The van der Waals surface area contributed by atoms with Crippen molar-refractivity contribution in [3.63, 3.8) is 0 Å². The Morgan fingerprint density at radius 3 is 2.96 bits per heavy atom. The van der Waals surface area contributed by atoms with Gasteiger partial charge in [0.15, 0.2) is 5.78 Å². The normalized spacial score (nSPS) is 13.6. The zero-order chi connectivity index (χ0) is 18.3. The highest BCUT2D eigenvalue weighted by atomic mass is 32.1. The minimum atomic E-state index is -0.526. The number of fused-ring (bicyclic) bond motifs is 3. The van der Waals surface area contributed by atoms with Crippen LogP contribution in [0.15, 0.2) is 29.3 Å². The van der Waals surface area contributed by atoms with Gasteiger partial charge in [-0.1, -0.05) is 0 Å². The van der Waals surface area contributed by atoms with Crippen LogP contribution in [0.4, 0.5) is 4.39 Å². The number of rotatable bonds is 4. The molecular weight excluding hydrogens is 355 g/mol. The van der Waals surface area contributed by atoms with Crippen LogP contribution in [0.1, 0.15) is 33.6 Å². The first-order chi connectivity index (χ1) is 12.6. The van der Waals surface area contributed by atoms with Gasteiger partial charge in [-0.15, -0.1) is 11.3 Å². The molecule has 0 radical (unpaired) electrons. The second-order valence-electron chi connectivity index (χ2n) is 6.34. The van der Waals surface area contributed by atoms with Gasteiger partial charge in [-0.3, -0.25) is 14.2 Å². The van der Waals surface area contributed by atoms with Crippen molar-refractivity contribution < 1.29 is 13.9 Å². The molecule has 1 aliphatic carbocycles. The lowest BCUT2D eigenvalue weighted by molar-refractivity contribution is 0.0967. The molecular formula is C19H17FN2O3S. The van der Waals surface area contributed by atoms with E-state index in [0.717, 1.165) is 42.1 Å². The third-order valence-corrected chi connectivity index (χ3v) is 5.92. The second kappa shape index (κ2) is 6.64. The fraction of sp³-hybridized carbons (Fsp3) is 0.316. The molecule has 0 unspecified atom stereocenters. The minimum Gasteiger partial charge on any atom is -0.496 e. The number of carbonyl (C=O) groups is 1. The van der Waals surface area contributed by atoms with Crippen LogP contribution in [0.5, 0.6) is 5.75 Å². The molecule has 1 aromatic carbocycles. The summed E-state index contributed by atoms with van der Waals surface area (Å²) in [7, 11) is 1.42. The van der Waals surface area contributed by atoms with E-state index in [0.29, 0.717) is 5.39 Å². The first-order valence-corrected chi connectivity index (χ1v) is 9.26. The van der Waals surface area contributed by atoms with Crippen LogP contribution in [-0.4, -0.2) is 22.4 Å². The van der Waals surface area contributed by atoms with Gasteiger partial charge in [-0.2, -0.15) is 0 Å². The monoisotopic (exact) mass is 372 g/mol. The summed E-state index contributed by atoms with van der Waals surface area (Å²) in [6.45, 7) is -0.202. The molecule has 0 fully saturated rings. The zero-order valence-corrected chi connectivity index (χ0v) is 15.1. The third kappa shape index (κ3) is 2.82. The van der Waals surface area contributed by atoms with Gasteiger partial charge in [0.05, 0.1) is 30.9 Å². The molecule has 3 aromatic rings. The maximum absolute atomic E-state index is 13.5. The number of ketones is 1. The fourth-order valence-corrected chi connectivity index (χ4v) is 4.65. The Bertz CT molecular complexity index is 1070. The van der Waals surface area contributed by atoms with E-state index in [-0.39, 0.29) is 23.4 Å². The summed E-state index contributed by atoms with van der Waals surface area (Å²) in [5.74, 6) is -0.637. The highest BCUT2D eigenvalue weighted by molar-refractivity contribution is 7.18. The summed E-state index contributed by atoms with van der Waals surface area (Å²) in [6, 6.07) is 3.76. The van der Waals surface area contributed by atoms with Crippen LogP contribution in [0.25, 0.3) is 10.2 Å². The molecule has 1 aliphatic rings. The van der Waals surface area contributed by atoms with E-state index in [2.05, 4.69) is 4.98 Å². The number of hydrogen-bond acceptors (Lipinski definition) is 5. The average molecular weight is 372 g/mol. The number of ether oxygens (including phenoxy) is 1. The maximum Gasteiger partial charge on any atom is 0.262 e. The van der Waals surface area contributed by atoms with E-state index in [4.69, 9.17) is 4.74 Å². The van der Waals surface area contributed by atoms with Crippen LogP contribution in [0.2, 0.25) is 0 Å². The molecule has 5 nitrogen and oxygen atoms in total. The first-order valence-electron chi connectivity index (χ1n) is 8.45. The van der Waals surface area contributed by atoms with Gasteiger partial charge in [0.1, 0.15) is 16.4 Å². The van der Waals surface area contributed by atoms with Gasteiger partial charge in [-0.05, 0) is 49.4 Å². The number of thiophene rings is 1. The number of Topliss-reactive ketones (excluding diaryl/α,β-unsaturated/α-hetero) is 1. The zero-order valence-electron chi connectivity index (χ0n) is 14.3. The molecule has 2 aromatic heterocycles. The summed E-state index contributed by atoms with van der Waals surface area (Å²) in [5, 5.41) is 0.631. The molecule has 0 saturated heterocycles. The molecule has 0 amide bonds. The summed E-state index contributed by atoms with van der Waals surface area (Å²) in [5.41, 5.74) is 0.990. The Morgan fingerprint density at radius 1 is 1.35 bits per heavy atom. The number of nitrogens with zero attached hydrogens (tertiary/aromatic N) is 2. The van der Waals surface area contributed by atoms with Gasteiger partial charge in [0.2, 0.25) is 0 Å². The van der Waals surface area contributed by atoms with Gasteiger partial charge in [0.25, 0.3) is 5.56 Å². The summed E-state index contributed by atoms with van der Waals surface area (Å²) < 4.78 is 20.0. The molecule has 4 rings (SSSR count). The number of halogens is 1. The molecule has 0 N–H and O–H groups in total. The van der Waals surface area contributed by atoms with E-state index in [1.807, 2.05) is 0 Å². The van der Waals surface area contributed by atoms with E-state index in [9.17, 15) is 14.0 Å². The molecule has 0 bridgehead atoms. The van der Waals surface area contributed by atoms with E-state index in [1.165, 1.54) is 35.0 Å². The van der Waals surface area contributed by atoms with Crippen LogP contribution in [0.3, 0.4) is 0 Å². The lowest BCUT2D eigenvalue weighted by Gasteiger charge is -2.11. The predicted molar refractivity (Wildman–Crippen MR) is 97.8 cm³/mol. The van der Waals surface area contributed by atoms with Crippen molar-refractivity contribution in [1.29, 1.82) is 0 Å². The van der Waals surface area contributed by atoms with Crippen molar-refractivity contribution >= 4 is 27.3 Å². The van der Waals surface area contributed by atoms with Gasteiger partial charge < -0.3 is 4.74 Å². The number of aryl methyl sites for hydroxylation is 2. The first kappa shape index (κ1) is 16.9. The number of benzene rings is 1. The Balaban J connectivity index is 1.74. The molecule has 0 spiro atoms. The standard InChI is InChI=1S/C19H17FN2O3S/c1-25-15-7-6-11(20)8-13(15)14(23)9-22-10-21-18-17(19(22)24)12-4-2-3-5-16(12)26-18/h6-8,10H,2-5,9H2,1H3. The van der Waals surface area contributed by atoms with Crippen molar-refractivity contribution in [3.8, 4) is 5.75 Å². The highest BCUT2D eigenvalue weighted by Crippen LogP contribution is 2.33. The molecule has 26 heavy (non-hydrogen) atoms. The Kier molecular flexibility index (Phi) is 4.32. The number of methoxy groups -OCH3 is 1. The van der Waals surface area contributed by atoms with E-state index in [1.54, 1.807) is 11.3 Å². The Hall–Kier alpha value is -2.54. The quantitative estimate of drug-likeness (QED) is 0.659. The van der Waals surface area contributed by atoms with Crippen LogP contribution in [0, 0.1) is 5.82 Å². The topological polar surface area (TPSA) is 61.2 Å². The molecule has 0 saturated carbocycles. The van der Waals surface area contributed by atoms with Crippen molar-refractivity contribution in [1.82, 2.24) is 9.55 Å². The Morgan fingerprint density at radius 2 is 2.15 bits per heavy atom. The maximum atomic E-state index is 13.5. The Labute approximate surface area is 153 Å². The number of carbonyl (C=O) groups excluding carboxylic acids is 1. The van der Waals surface area contributed by atoms with Crippen molar-refractivity contribution in [2.45, 2.75) is 32.2 Å². The summed E-state index contributed by atoms with van der Waals surface area (Å²) in [6.07, 6.45) is 5.45. The second-order valence-corrected chi connectivity index (χ2v) is 7.42. The predicted octanol–water partition coefficient (Wildman–Crippen LogP) is 3.37. The van der Waals surface area contributed by atoms with Crippen LogP contribution in [-0.2, 0) is 19.4 Å². The molecule has 0 atom stereocenters. The fourth-order valence-electron chi connectivity index (χ4n) is 3.43. The van der Waals surface area contributed by atoms with Crippen LogP contribution >= 0.6 is 11.3 Å². The summed E-state index contributed by atoms with van der Waals surface area (Å²) in [4.78, 5) is 31.9. The van der Waals surface area contributed by atoms with Gasteiger partial charge in [-0.25, -0.2) is 9.37 Å². The minimum absolute atomic E-state index is 0.117. The summed E-state index contributed by atoms with van der Waals surface area (Å²) >= 11 is 1.57. The molecule has 0 aliphatic heterocycles. The highest BCUT2D eigenvalue weighted by Gasteiger charge is 2.21. The van der Waals surface area contributed by atoms with E-state index >= 15 is 0 Å². The SMILES string of the molecule is COc1ccc(F)cc1C(=O)Cn1cnc2sc3c(c2c1=O)CCCC3. The van der Waals surface area contributed by atoms with Crippen molar-refractivity contribution in [2.24, 2.45) is 0 Å². The largest absolute Gasteiger partial charge is 0.496 e. The van der Waals surface area contributed by atoms with Crippen LogP contribution < -0.4 is 10.3 Å². The van der Waals surface area contributed by atoms with Crippen molar-refractivity contribution in [2.75, 3.05) is 7.11 Å². The van der Waals surface area contributed by atoms with Crippen molar-refractivity contribution in [3.05, 3.63) is 56.7 Å². The molecule has 2 heterocycles. The smallest absolute Gasteiger partial charge is 0.262 e. The molecule has 134 valence electrons. The number of hydrogen-bond donors (Lipinski definition) is 0. The lowest BCUT2D eigenvalue weighted by atomic mass is 9.97. The van der Waals surface area contributed by atoms with E-state index < -0.39 is 11.6 Å².